The summed E-state index contributed by atoms with van der Waals surface area (Å²) >= 11 is 1.40. The van der Waals surface area contributed by atoms with Crippen molar-refractivity contribution in [2.45, 2.75) is 30.4 Å². The average molecular weight is 398 g/mol. The second-order valence-corrected chi connectivity index (χ2v) is 7.64. The van der Waals surface area contributed by atoms with E-state index in [1.807, 2.05) is 38.1 Å². The summed E-state index contributed by atoms with van der Waals surface area (Å²) in [5, 5.41) is 5.17. The van der Waals surface area contributed by atoms with E-state index in [0.29, 0.717) is 24.3 Å². The van der Waals surface area contributed by atoms with Crippen molar-refractivity contribution in [2.75, 3.05) is 23.7 Å². The molecule has 0 fully saturated rings. The minimum Gasteiger partial charge on any atom is -0.339 e. The molecule has 6 nitrogen and oxygen atoms in total. The van der Waals surface area contributed by atoms with Crippen LogP contribution in [0.3, 0.4) is 0 Å². The van der Waals surface area contributed by atoms with Crippen LogP contribution in [0, 0.1) is 0 Å². The molecule has 2 aromatic rings. The van der Waals surface area contributed by atoms with Gasteiger partial charge in [-0.1, -0.05) is 12.1 Å². The van der Waals surface area contributed by atoms with Crippen LogP contribution in [-0.2, 0) is 9.59 Å². The van der Waals surface area contributed by atoms with Gasteiger partial charge in [-0.25, -0.2) is 0 Å². The highest BCUT2D eigenvalue weighted by molar-refractivity contribution is 8.01. The number of para-hydroxylation sites is 1. The number of nitrogens with one attached hydrogen (secondary N) is 2. The third-order valence-electron chi connectivity index (χ3n) is 4.54. The van der Waals surface area contributed by atoms with E-state index in [-0.39, 0.29) is 24.1 Å². The Labute approximate surface area is 168 Å². The normalized spacial score (nSPS) is 15.4. The number of rotatable bonds is 6. The first kappa shape index (κ1) is 19.9. The Balaban J connectivity index is 1.59. The lowest BCUT2D eigenvalue weighted by atomic mass is 10.1. The van der Waals surface area contributed by atoms with Gasteiger partial charge >= 0.3 is 0 Å². The van der Waals surface area contributed by atoms with Crippen LogP contribution in [0.1, 0.15) is 30.6 Å². The molecule has 7 heteroatoms. The molecule has 0 aliphatic carbocycles. The van der Waals surface area contributed by atoms with Crippen LogP contribution in [0.5, 0.6) is 0 Å². The Hall–Kier alpha value is -2.80. The third-order valence-corrected chi connectivity index (χ3v) is 5.82. The second kappa shape index (κ2) is 8.93. The predicted octanol–water partition coefficient (Wildman–Crippen LogP) is 3.61. The van der Waals surface area contributed by atoms with E-state index in [1.165, 1.54) is 11.8 Å². The van der Waals surface area contributed by atoms with E-state index < -0.39 is 5.25 Å². The minimum absolute atomic E-state index is 0.0307. The summed E-state index contributed by atoms with van der Waals surface area (Å²) < 4.78 is 0. The van der Waals surface area contributed by atoms with Gasteiger partial charge in [0.2, 0.25) is 11.8 Å². The summed E-state index contributed by atoms with van der Waals surface area (Å²) in [4.78, 5) is 39.6. The maximum Gasteiger partial charge on any atom is 0.253 e. The van der Waals surface area contributed by atoms with Gasteiger partial charge in [-0.2, -0.15) is 0 Å². The Morgan fingerprint density at radius 2 is 1.75 bits per heavy atom. The number of benzene rings is 2. The van der Waals surface area contributed by atoms with E-state index in [4.69, 9.17) is 0 Å². The fraction of sp³-hybridized carbons (Fsp3) is 0.286. The SMILES string of the molecule is CCN(CC)C(=O)c1ccc(NC(=O)C[C@H]2Sc3ccccc3NC2=O)cc1. The van der Waals surface area contributed by atoms with Gasteiger partial charge in [0.15, 0.2) is 0 Å². The molecule has 0 unspecified atom stereocenters. The number of thioether (sulfide) groups is 1. The minimum atomic E-state index is -0.474. The molecule has 28 heavy (non-hydrogen) atoms. The van der Waals surface area contributed by atoms with Crippen LogP contribution in [0.4, 0.5) is 11.4 Å². The third kappa shape index (κ3) is 4.54. The number of carbonyl (C=O) groups is 3. The molecule has 0 saturated heterocycles. The van der Waals surface area contributed by atoms with Crippen LogP contribution >= 0.6 is 11.8 Å². The molecule has 3 amide bonds. The molecule has 0 aromatic heterocycles. The molecular formula is C21H23N3O3S. The number of anilines is 2. The highest BCUT2D eigenvalue weighted by Gasteiger charge is 2.28. The molecule has 0 radical (unpaired) electrons. The van der Waals surface area contributed by atoms with E-state index >= 15 is 0 Å². The quantitative estimate of drug-likeness (QED) is 0.781. The maximum absolute atomic E-state index is 12.4. The Morgan fingerprint density at radius 3 is 2.43 bits per heavy atom. The van der Waals surface area contributed by atoms with E-state index in [1.54, 1.807) is 29.2 Å². The summed E-state index contributed by atoms with van der Waals surface area (Å²) in [6.07, 6.45) is 0.0744. The molecule has 146 valence electrons. The molecule has 3 rings (SSSR count). The Bertz CT molecular complexity index is 879. The topological polar surface area (TPSA) is 78.5 Å². The number of carbonyl (C=O) groups excluding carboxylic acids is 3. The number of hydrogen-bond donors (Lipinski definition) is 2. The molecule has 0 spiro atoms. The first-order valence-corrected chi connectivity index (χ1v) is 10.2. The Kier molecular flexibility index (Phi) is 6.36. The second-order valence-electron chi connectivity index (χ2n) is 6.40. The van der Waals surface area contributed by atoms with Gasteiger partial charge in [0, 0.05) is 35.7 Å². The highest BCUT2D eigenvalue weighted by atomic mass is 32.2. The molecule has 2 N–H and O–H groups in total. The number of hydrogen-bond acceptors (Lipinski definition) is 4. The molecule has 2 aromatic carbocycles. The summed E-state index contributed by atoms with van der Waals surface area (Å²) in [5.74, 6) is -0.439. The van der Waals surface area contributed by atoms with Crippen molar-refractivity contribution in [3.8, 4) is 0 Å². The molecular weight excluding hydrogens is 374 g/mol. The van der Waals surface area contributed by atoms with Crippen molar-refractivity contribution in [1.29, 1.82) is 0 Å². The standard InChI is InChI=1S/C21H23N3O3S/c1-3-24(4-2)21(27)14-9-11-15(12-10-14)22-19(25)13-18-20(26)23-16-7-5-6-8-17(16)28-18/h5-12,18H,3-4,13H2,1-2H3,(H,22,25)(H,23,26)/t18-/m1/s1. The lowest BCUT2D eigenvalue weighted by molar-refractivity contribution is -0.120. The lowest BCUT2D eigenvalue weighted by Gasteiger charge is -2.23. The van der Waals surface area contributed by atoms with Crippen LogP contribution in [0.2, 0.25) is 0 Å². The highest BCUT2D eigenvalue weighted by Crippen LogP contribution is 2.36. The van der Waals surface area contributed by atoms with Gasteiger partial charge in [-0.15, -0.1) is 11.8 Å². The lowest BCUT2D eigenvalue weighted by Crippen LogP contribution is -2.32. The van der Waals surface area contributed by atoms with Crippen LogP contribution in [-0.4, -0.2) is 41.0 Å². The fourth-order valence-electron chi connectivity index (χ4n) is 3.00. The van der Waals surface area contributed by atoms with Crippen molar-refractivity contribution >= 4 is 40.9 Å². The van der Waals surface area contributed by atoms with E-state index in [9.17, 15) is 14.4 Å². The number of nitrogens with zero attached hydrogens (tertiary/aromatic N) is 1. The van der Waals surface area contributed by atoms with Crippen molar-refractivity contribution in [1.82, 2.24) is 4.90 Å². The first-order valence-electron chi connectivity index (χ1n) is 9.27. The zero-order valence-electron chi connectivity index (χ0n) is 15.9. The Morgan fingerprint density at radius 1 is 1.07 bits per heavy atom. The summed E-state index contributed by atoms with van der Waals surface area (Å²) in [6, 6.07) is 14.4. The first-order chi connectivity index (χ1) is 13.5. The molecule has 0 bridgehead atoms. The molecule has 1 aliphatic heterocycles. The number of fused-ring (bicyclic) bond motifs is 1. The van der Waals surface area contributed by atoms with Gasteiger partial charge in [0.25, 0.3) is 5.91 Å². The van der Waals surface area contributed by atoms with Crippen molar-refractivity contribution in [3.05, 3.63) is 54.1 Å². The number of amides is 3. The van der Waals surface area contributed by atoms with E-state index in [0.717, 1.165) is 10.6 Å². The summed E-state index contributed by atoms with van der Waals surface area (Å²) in [5.41, 5.74) is 1.96. The zero-order valence-corrected chi connectivity index (χ0v) is 16.7. The monoisotopic (exact) mass is 397 g/mol. The fourth-order valence-corrected chi connectivity index (χ4v) is 4.11. The van der Waals surface area contributed by atoms with Crippen LogP contribution in [0.15, 0.2) is 53.4 Å². The predicted molar refractivity (Wildman–Crippen MR) is 112 cm³/mol. The molecule has 0 saturated carbocycles. The van der Waals surface area contributed by atoms with Crippen LogP contribution < -0.4 is 10.6 Å². The maximum atomic E-state index is 12.4. The average Bonchev–Trinajstić information content (AvgIpc) is 2.70. The molecule has 1 atom stereocenters. The molecule has 1 aliphatic rings. The van der Waals surface area contributed by atoms with E-state index in [2.05, 4.69) is 10.6 Å². The van der Waals surface area contributed by atoms with Crippen LogP contribution in [0.25, 0.3) is 0 Å². The molecule has 1 heterocycles. The summed E-state index contributed by atoms with van der Waals surface area (Å²) in [6.45, 7) is 5.18. The van der Waals surface area contributed by atoms with Gasteiger partial charge in [-0.05, 0) is 50.2 Å². The smallest absolute Gasteiger partial charge is 0.253 e. The zero-order chi connectivity index (χ0) is 20.1. The summed E-state index contributed by atoms with van der Waals surface area (Å²) in [7, 11) is 0. The van der Waals surface area contributed by atoms with Crippen molar-refractivity contribution in [3.63, 3.8) is 0 Å². The van der Waals surface area contributed by atoms with Crippen molar-refractivity contribution < 1.29 is 14.4 Å². The largest absolute Gasteiger partial charge is 0.339 e. The van der Waals surface area contributed by atoms with Gasteiger partial charge in [-0.3, -0.25) is 14.4 Å². The van der Waals surface area contributed by atoms with Gasteiger partial charge in [0.1, 0.15) is 0 Å². The van der Waals surface area contributed by atoms with Gasteiger partial charge < -0.3 is 15.5 Å². The van der Waals surface area contributed by atoms with Crippen molar-refractivity contribution in [2.24, 2.45) is 0 Å². The van der Waals surface area contributed by atoms with Gasteiger partial charge in [0.05, 0.1) is 10.9 Å².